The van der Waals surface area contributed by atoms with Gasteiger partial charge in [-0.25, -0.2) is 13.2 Å². The average molecular weight is 469 g/mol. The largest absolute Gasteiger partial charge is 0.497 e. The number of benzene rings is 1. The molecule has 1 aliphatic rings. The van der Waals surface area contributed by atoms with E-state index in [-0.39, 0.29) is 18.2 Å². The van der Waals surface area contributed by atoms with E-state index < -0.39 is 39.2 Å². The van der Waals surface area contributed by atoms with Crippen LogP contribution in [0.3, 0.4) is 0 Å². The fourth-order valence-electron chi connectivity index (χ4n) is 3.72. The van der Waals surface area contributed by atoms with Gasteiger partial charge in [0, 0.05) is 6.54 Å². The zero-order valence-electron chi connectivity index (χ0n) is 19.5. The van der Waals surface area contributed by atoms with Crippen LogP contribution in [-0.4, -0.2) is 50.7 Å². The second kappa shape index (κ2) is 11.5. The van der Waals surface area contributed by atoms with Crippen LogP contribution in [0.2, 0.25) is 0 Å². The standard InChI is InChI=1S/C23H36N2O6S/c1-23(2,3)31-22(27)25-20(16-32(28,29)15-18-8-6-5-7-9-18)21(26)24-14-17-10-12-19(30-4)13-11-17/h10-13,18,20H,5-9,14-16H2,1-4H3,(H,24,26)(H,25,27)/t20-/m0/s1. The minimum absolute atomic E-state index is 0.0330. The van der Waals surface area contributed by atoms with Gasteiger partial charge in [-0.1, -0.05) is 31.4 Å². The van der Waals surface area contributed by atoms with Gasteiger partial charge in [-0.3, -0.25) is 4.79 Å². The van der Waals surface area contributed by atoms with Crippen LogP contribution in [0.5, 0.6) is 5.75 Å². The highest BCUT2D eigenvalue weighted by atomic mass is 32.2. The number of sulfone groups is 1. The molecule has 0 bridgehead atoms. The third kappa shape index (κ3) is 9.46. The van der Waals surface area contributed by atoms with Crippen LogP contribution in [-0.2, 0) is 25.9 Å². The first-order valence-electron chi connectivity index (χ1n) is 11.1. The topological polar surface area (TPSA) is 111 Å². The first-order chi connectivity index (χ1) is 15.0. The number of methoxy groups -OCH3 is 1. The maximum absolute atomic E-state index is 12.8. The van der Waals surface area contributed by atoms with E-state index >= 15 is 0 Å². The third-order valence-electron chi connectivity index (χ3n) is 5.27. The number of hydrogen-bond acceptors (Lipinski definition) is 6. The average Bonchev–Trinajstić information content (AvgIpc) is 2.70. The lowest BCUT2D eigenvalue weighted by molar-refractivity contribution is -0.122. The Balaban J connectivity index is 2.05. The first-order valence-corrected chi connectivity index (χ1v) is 12.9. The molecule has 0 aromatic heterocycles. The maximum atomic E-state index is 12.8. The number of hydrogen-bond donors (Lipinski definition) is 2. The Bertz CT molecular complexity index is 855. The molecule has 2 rings (SSSR count). The molecule has 1 fully saturated rings. The number of amides is 2. The molecule has 1 atom stereocenters. The summed E-state index contributed by atoms with van der Waals surface area (Å²) in [6.45, 7) is 5.29. The minimum Gasteiger partial charge on any atom is -0.497 e. The summed E-state index contributed by atoms with van der Waals surface area (Å²) in [6, 6.07) is 5.90. The fraction of sp³-hybridized carbons (Fsp3) is 0.652. The highest BCUT2D eigenvalue weighted by Gasteiger charge is 2.31. The first kappa shape index (κ1) is 26.0. The van der Waals surface area contributed by atoms with Crippen molar-refractivity contribution in [3.05, 3.63) is 29.8 Å². The Morgan fingerprint density at radius 3 is 2.28 bits per heavy atom. The van der Waals surface area contributed by atoms with Gasteiger partial charge in [0.25, 0.3) is 0 Å². The summed E-state index contributed by atoms with van der Waals surface area (Å²) in [4.78, 5) is 25.1. The molecule has 1 saturated carbocycles. The predicted octanol–water partition coefficient (Wildman–Crippen LogP) is 3.20. The lowest BCUT2D eigenvalue weighted by atomic mass is 9.91. The summed E-state index contributed by atoms with van der Waals surface area (Å²) in [7, 11) is -1.99. The van der Waals surface area contributed by atoms with Crippen molar-refractivity contribution in [1.29, 1.82) is 0 Å². The van der Waals surface area contributed by atoms with E-state index in [0.717, 1.165) is 37.7 Å². The number of carbonyl (C=O) groups excluding carboxylic acids is 2. The molecule has 2 amide bonds. The van der Waals surface area contributed by atoms with Crippen LogP contribution in [0.1, 0.15) is 58.4 Å². The Labute approximate surface area is 191 Å². The van der Waals surface area contributed by atoms with E-state index in [1.54, 1.807) is 52.1 Å². The maximum Gasteiger partial charge on any atom is 0.408 e. The normalized spacial score (nSPS) is 16.1. The molecular weight excluding hydrogens is 432 g/mol. The number of nitrogens with one attached hydrogen (secondary N) is 2. The lowest BCUT2D eigenvalue weighted by Gasteiger charge is -2.25. The molecule has 1 aromatic rings. The number of ether oxygens (including phenoxy) is 2. The zero-order valence-corrected chi connectivity index (χ0v) is 20.3. The SMILES string of the molecule is COc1ccc(CNC(=O)[C@H](CS(=O)(=O)CC2CCCCC2)NC(=O)OC(C)(C)C)cc1. The van der Waals surface area contributed by atoms with E-state index in [2.05, 4.69) is 10.6 Å². The quantitative estimate of drug-likeness (QED) is 0.576. The van der Waals surface area contributed by atoms with Gasteiger partial charge in [0.15, 0.2) is 9.84 Å². The molecule has 1 aromatic carbocycles. The molecule has 180 valence electrons. The fourth-order valence-corrected chi connectivity index (χ4v) is 5.65. The molecule has 0 saturated heterocycles. The molecule has 2 N–H and O–H groups in total. The van der Waals surface area contributed by atoms with Gasteiger partial charge >= 0.3 is 6.09 Å². The smallest absolute Gasteiger partial charge is 0.408 e. The van der Waals surface area contributed by atoms with E-state index in [0.29, 0.717) is 5.75 Å². The molecule has 9 heteroatoms. The predicted molar refractivity (Wildman–Crippen MR) is 123 cm³/mol. The van der Waals surface area contributed by atoms with Crippen LogP contribution < -0.4 is 15.4 Å². The summed E-state index contributed by atoms with van der Waals surface area (Å²) in [5.74, 6) is -0.196. The summed E-state index contributed by atoms with van der Waals surface area (Å²) in [6.07, 6.45) is 4.13. The monoisotopic (exact) mass is 468 g/mol. The van der Waals surface area contributed by atoms with Crippen molar-refractivity contribution >= 4 is 21.8 Å². The third-order valence-corrected chi connectivity index (χ3v) is 7.09. The van der Waals surface area contributed by atoms with Gasteiger partial charge < -0.3 is 20.1 Å². The molecule has 0 radical (unpaired) electrons. The van der Waals surface area contributed by atoms with Gasteiger partial charge in [0.2, 0.25) is 5.91 Å². The van der Waals surface area contributed by atoms with Crippen molar-refractivity contribution in [2.45, 2.75) is 71.1 Å². The Hall–Kier alpha value is -2.29. The summed E-state index contributed by atoms with van der Waals surface area (Å²) >= 11 is 0. The summed E-state index contributed by atoms with van der Waals surface area (Å²) < 4.78 is 36.0. The van der Waals surface area contributed by atoms with Crippen LogP contribution in [0.15, 0.2) is 24.3 Å². The second-order valence-electron chi connectivity index (χ2n) is 9.35. The zero-order chi connectivity index (χ0) is 23.8. The van der Waals surface area contributed by atoms with Crippen LogP contribution in [0.25, 0.3) is 0 Å². The van der Waals surface area contributed by atoms with Gasteiger partial charge in [0.05, 0.1) is 18.6 Å². The summed E-state index contributed by atoms with van der Waals surface area (Å²) in [5, 5.41) is 5.17. The van der Waals surface area contributed by atoms with E-state index in [1.165, 1.54) is 0 Å². The van der Waals surface area contributed by atoms with Gasteiger partial charge in [-0.15, -0.1) is 0 Å². The molecule has 0 aliphatic heterocycles. The van der Waals surface area contributed by atoms with Crippen molar-refractivity contribution in [2.24, 2.45) is 5.92 Å². The molecule has 32 heavy (non-hydrogen) atoms. The second-order valence-corrected chi connectivity index (χ2v) is 11.5. The Kier molecular flexibility index (Phi) is 9.36. The van der Waals surface area contributed by atoms with E-state index in [1.807, 2.05) is 0 Å². The minimum atomic E-state index is -3.55. The Morgan fingerprint density at radius 1 is 1.09 bits per heavy atom. The lowest BCUT2D eigenvalue weighted by Crippen LogP contribution is -2.51. The van der Waals surface area contributed by atoms with Crippen molar-refractivity contribution in [3.8, 4) is 5.75 Å². The van der Waals surface area contributed by atoms with Crippen LogP contribution in [0.4, 0.5) is 4.79 Å². The Morgan fingerprint density at radius 2 is 1.72 bits per heavy atom. The van der Waals surface area contributed by atoms with Crippen molar-refractivity contribution in [3.63, 3.8) is 0 Å². The number of alkyl carbamates (subject to hydrolysis) is 1. The van der Waals surface area contributed by atoms with Crippen molar-refractivity contribution in [2.75, 3.05) is 18.6 Å². The van der Waals surface area contributed by atoms with E-state index in [4.69, 9.17) is 9.47 Å². The van der Waals surface area contributed by atoms with Crippen LogP contribution in [0, 0.1) is 5.92 Å². The highest BCUT2D eigenvalue weighted by molar-refractivity contribution is 7.91. The van der Waals surface area contributed by atoms with Crippen molar-refractivity contribution in [1.82, 2.24) is 10.6 Å². The van der Waals surface area contributed by atoms with Crippen molar-refractivity contribution < 1.29 is 27.5 Å². The van der Waals surface area contributed by atoms with Crippen LogP contribution >= 0.6 is 0 Å². The highest BCUT2D eigenvalue weighted by Crippen LogP contribution is 2.25. The molecule has 0 unspecified atom stereocenters. The molecule has 8 nitrogen and oxygen atoms in total. The molecular formula is C23H36N2O6S. The molecule has 0 heterocycles. The number of carbonyl (C=O) groups is 2. The summed E-state index contributed by atoms with van der Waals surface area (Å²) in [5.41, 5.74) is 0.0510. The molecule has 1 aliphatic carbocycles. The van der Waals surface area contributed by atoms with Gasteiger partial charge in [0.1, 0.15) is 17.4 Å². The van der Waals surface area contributed by atoms with Gasteiger partial charge in [-0.2, -0.15) is 0 Å². The number of rotatable bonds is 9. The van der Waals surface area contributed by atoms with E-state index in [9.17, 15) is 18.0 Å². The molecule has 0 spiro atoms. The van der Waals surface area contributed by atoms with Gasteiger partial charge in [-0.05, 0) is 57.2 Å².